The monoisotopic (exact) mass is 429 g/mol. The molecule has 3 rings (SSSR count). The summed E-state index contributed by atoms with van der Waals surface area (Å²) in [6.45, 7) is 1.97. The minimum Gasteiger partial charge on any atom is -0.465 e. The Morgan fingerprint density at radius 2 is 1.90 bits per heavy atom. The molecule has 29 heavy (non-hydrogen) atoms. The van der Waals surface area contributed by atoms with Crippen LogP contribution in [0.2, 0.25) is 5.02 Å². The predicted molar refractivity (Wildman–Crippen MR) is 115 cm³/mol. The number of nitrogens with one attached hydrogen (secondary N) is 1. The maximum absolute atomic E-state index is 13.8. The highest BCUT2D eigenvalue weighted by Gasteiger charge is 2.22. The second-order valence-electron chi connectivity index (χ2n) is 6.17. The standard InChI is InChI=1S/C22H17ClFNO3S/c1-13-6-8-14(9-7-13)16-12-29-21(20(16)22(27)28-2)25-19(26)11-10-15-17(23)4-3-5-18(15)24/h3-12H,1-2H3,(H,25,26). The minimum atomic E-state index is -0.557. The van der Waals surface area contributed by atoms with Gasteiger partial charge < -0.3 is 10.1 Å². The molecule has 0 aliphatic carbocycles. The molecule has 0 radical (unpaired) electrons. The van der Waals surface area contributed by atoms with Crippen molar-refractivity contribution >= 4 is 45.9 Å². The Morgan fingerprint density at radius 1 is 1.17 bits per heavy atom. The van der Waals surface area contributed by atoms with Gasteiger partial charge in [0.15, 0.2) is 0 Å². The van der Waals surface area contributed by atoms with Crippen LogP contribution in [0, 0.1) is 12.7 Å². The Morgan fingerprint density at radius 3 is 2.55 bits per heavy atom. The third-order valence-electron chi connectivity index (χ3n) is 4.18. The summed E-state index contributed by atoms with van der Waals surface area (Å²) in [5.74, 6) is -1.61. The summed E-state index contributed by atoms with van der Waals surface area (Å²) >= 11 is 7.17. The number of methoxy groups -OCH3 is 1. The van der Waals surface area contributed by atoms with E-state index in [0.717, 1.165) is 17.2 Å². The molecule has 0 saturated heterocycles. The molecule has 1 amide bonds. The molecule has 1 N–H and O–H groups in total. The zero-order chi connectivity index (χ0) is 21.0. The van der Waals surface area contributed by atoms with E-state index in [9.17, 15) is 14.0 Å². The van der Waals surface area contributed by atoms with Crippen molar-refractivity contribution in [2.45, 2.75) is 6.92 Å². The van der Waals surface area contributed by atoms with E-state index >= 15 is 0 Å². The predicted octanol–water partition coefficient (Wildman–Crippen LogP) is 5.95. The molecule has 148 valence electrons. The van der Waals surface area contributed by atoms with Gasteiger partial charge in [0.2, 0.25) is 5.91 Å². The second kappa shape index (κ2) is 9.03. The quantitative estimate of drug-likeness (QED) is 0.402. The van der Waals surface area contributed by atoms with Crippen molar-refractivity contribution in [2.75, 3.05) is 12.4 Å². The van der Waals surface area contributed by atoms with Crippen LogP contribution in [0.4, 0.5) is 9.39 Å². The molecule has 0 aliphatic rings. The van der Waals surface area contributed by atoms with Gasteiger partial charge in [0.05, 0.1) is 12.1 Å². The zero-order valence-corrected chi connectivity index (χ0v) is 17.2. The third kappa shape index (κ3) is 4.72. The molecule has 2 aromatic carbocycles. The van der Waals surface area contributed by atoms with E-state index in [4.69, 9.17) is 16.3 Å². The van der Waals surface area contributed by atoms with Crippen LogP contribution in [-0.4, -0.2) is 19.0 Å². The van der Waals surface area contributed by atoms with E-state index in [2.05, 4.69) is 5.32 Å². The van der Waals surface area contributed by atoms with Crippen LogP contribution in [0.25, 0.3) is 17.2 Å². The van der Waals surface area contributed by atoms with E-state index in [-0.39, 0.29) is 16.1 Å². The Kier molecular flexibility index (Phi) is 6.46. The van der Waals surface area contributed by atoms with Crippen LogP contribution in [0.3, 0.4) is 0 Å². The summed E-state index contributed by atoms with van der Waals surface area (Å²) in [5, 5.41) is 4.99. The lowest BCUT2D eigenvalue weighted by Crippen LogP contribution is -2.11. The number of hydrogen-bond acceptors (Lipinski definition) is 4. The van der Waals surface area contributed by atoms with Gasteiger partial charge in [-0.3, -0.25) is 4.79 Å². The van der Waals surface area contributed by atoms with Gasteiger partial charge in [0, 0.05) is 22.6 Å². The number of aryl methyl sites for hydroxylation is 1. The number of carbonyl (C=O) groups excluding carboxylic acids is 2. The van der Waals surface area contributed by atoms with Gasteiger partial charge in [0.25, 0.3) is 0 Å². The fourth-order valence-electron chi connectivity index (χ4n) is 2.68. The average Bonchev–Trinajstić information content (AvgIpc) is 3.11. The number of carbonyl (C=O) groups is 2. The molecular formula is C22H17ClFNO3S. The Hall–Kier alpha value is -2.96. The lowest BCUT2D eigenvalue weighted by molar-refractivity contribution is -0.111. The van der Waals surface area contributed by atoms with E-state index < -0.39 is 17.7 Å². The number of esters is 1. The van der Waals surface area contributed by atoms with E-state index in [0.29, 0.717) is 10.6 Å². The smallest absolute Gasteiger partial charge is 0.341 e. The van der Waals surface area contributed by atoms with Gasteiger partial charge in [0.1, 0.15) is 16.4 Å². The molecule has 0 spiro atoms. The number of anilines is 1. The first-order valence-corrected chi connectivity index (χ1v) is 9.86. The number of benzene rings is 2. The molecule has 0 saturated carbocycles. The van der Waals surface area contributed by atoms with Crippen molar-refractivity contribution in [1.29, 1.82) is 0 Å². The molecule has 0 atom stereocenters. The Balaban J connectivity index is 1.89. The SMILES string of the molecule is COC(=O)c1c(-c2ccc(C)cc2)csc1NC(=O)C=Cc1c(F)cccc1Cl. The maximum atomic E-state index is 13.8. The fraction of sp³-hybridized carbons (Fsp3) is 0.0909. The number of ether oxygens (including phenoxy) is 1. The third-order valence-corrected chi connectivity index (χ3v) is 5.41. The number of halogens is 2. The van der Waals surface area contributed by atoms with Crippen LogP contribution in [0.15, 0.2) is 53.9 Å². The summed E-state index contributed by atoms with van der Waals surface area (Å²) in [7, 11) is 1.28. The number of amides is 1. The van der Waals surface area contributed by atoms with Gasteiger partial charge >= 0.3 is 5.97 Å². The molecule has 3 aromatic rings. The van der Waals surface area contributed by atoms with Crippen LogP contribution in [0.1, 0.15) is 21.5 Å². The summed E-state index contributed by atoms with van der Waals surface area (Å²) < 4.78 is 18.7. The first-order chi connectivity index (χ1) is 13.9. The van der Waals surface area contributed by atoms with E-state index in [1.54, 1.807) is 5.38 Å². The highest BCUT2D eigenvalue weighted by Crippen LogP contribution is 2.36. The summed E-state index contributed by atoms with van der Waals surface area (Å²) in [4.78, 5) is 24.7. The minimum absolute atomic E-state index is 0.115. The summed E-state index contributed by atoms with van der Waals surface area (Å²) in [6, 6.07) is 11.9. The van der Waals surface area contributed by atoms with Gasteiger partial charge in [-0.1, -0.05) is 47.5 Å². The van der Waals surface area contributed by atoms with Crippen LogP contribution in [-0.2, 0) is 9.53 Å². The summed E-state index contributed by atoms with van der Waals surface area (Å²) in [5.41, 5.74) is 2.98. The normalized spacial score (nSPS) is 10.9. The van der Waals surface area contributed by atoms with E-state index in [1.807, 2.05) is 31.2 Å². The molecule has 0 bridgehead atoms. The number of hydrogen-bond donors (Lipinski definition) is 1. The van der Waals surface area contributed by atoms with Crippen molar-refractivity contribution in [3.63, 3.8) is 0 Å². The van der Waals surface area contributed by atoms with Crippen LogP contribution in [0.5, 0.6) is 0 Å². The Labute approximate surface area is 176 Å². The van der Waals surface area contributed by atoms with Gasteiger partial charge in [-0.25, -0.2) is 9.18 Å². The largest absolute Gasteiger partial charge is 0.465 e. The maximum Gasteiger partial charge on any atom is 0.341 e. The highest BCUT2D eigenvalue weighted by molar-refractivity contribution is 7.15. The molecular weight excluding hydrogens is 413 g/mol. The summed E-state index contributed by atoms with van der Waals surface area (Å²) in [6.07, 6.45) is 2.45. The van der Waals surface area contributed by atoms with Crippen molar-refractivity contribution in [2.24, 2.45) is 0 Å². The number of thiophene rings is 1. The van der Waals surface area contributed by atoms with Crippen molar-refractivity contribution < 1.29 is 18.7 Å². The molecule has 1 heterocycles. The molecule has 0 fully saturated rings. The molecule has 0 aliphatic heterocycles. The first kappa shape index (κ1) is 20.8. The van der Waals surface area contributed by atoms with Crippen molar-refractivity contribution in [3.05, 3.63) is 81.5 Å². The lowest BCUT2D eigenvalue weighted by Gasteiger charge is -2.07. The van der Waals surface area contributed by atoms with E-state index in [1.165, 1.54) is 42.7 Å². The molecule has 1 aromatic heterocycles. The van der Waals surface area contributed by atoms with Gasteiger partial charge in [-0.15, -0.1) is 11.3 Å². The van der Waals surface area contributed by atoms with Crippen LogP contribution >= 0.6 is 22.9 Å². The van der Waals surface area contributed by atoms with Gasteiger partial charge in [-0.2, -0.15) is 0 Å². The zero-order valence-electron chi connectivity index (χ0n) is 15.7. The highest BCUT2D eigenvalue weighted by atomic mass is 35.5. The van der Waals surface area contributed by atoms with Crippen molar-refractivity contribution in [1.82, 2.24) is 0 Å². The first-order valence-electron chi connectivity index (χ1n) is 8.60. The second-order valence-corrected chi connectivity index (χ2v) is 7.46. The molecule has 0 unspecified atom stereocenters. The topological polar surface area (TPSA) is 55.4 Å². The molecule has 7 heteroatoms. The van der Waals surface area contributed by atoms with Crippen LogP contribution < -0.4 is 5.32 Å². The number of rotatable bonds is 5. The fourth-order valence-corrected chi connectivity index (χ4v) is 3.87. The van der Waals surface area contributed by atoms with Crippen molar-refractivity contribution in [3.8, 4) is 11.1 Å². The lowest BCUT2D eigenvalue weighted by atomic mass is 10.0. The Bertz CT molecular complexity index is 1070. The average molecular weight is 430 g/mol. The molecule has 4 nitrogen and oxygen atoms in total. The van der Waals surface area contributed by atoms with Gasteiger partial charge in [-0.05, 0) is 30.7 Å².